The smallest absolute Gasteiger partial charge is 0.387 e. The molecule has 176 valence electrons. The van der Waals surface area contributed by atoms with E-state index >= 15 is 0 Å². The summed E-state index contributed by atoms with van der Waals surface area (Å²) in [5.74, 6) is 0.266. The number of aryl methyl sites for hydroxylation is 1. The number of hydrogen-bond acceptors (Lipinski definition) is 7. The number of alkyl halides is 2. The lowest BCUT2D eigenvalue weighted by molar-refractivity contribution is -0.122. The van der Waals surface area contributed by atoms with Crippen molar-refractivity contribution in [2.75, 3.05) is 23.6 Å². The molecular weight excluding hydrogens is 468 g/mol. The Hall–Kier alpha value is -3.73. The summed E-state index contributed by atoms with van der Waals surface area (Å²) >= 11 is 1.30. The second kappa shape index (κ2) is 8.90. The van der Waals surface area contributed by atoms with Crippen molar-refractivity contribution in [1.29, 1.82) is 0 Å². The fourth-order valence-corrected chi connectivity index (χ4v) is 4.74. The highest BCUT2D eigenvalue weighted by Crippen LogP contribution is 2.37. The van der Waals surface area contributed by atoms with Crippen molar-refractivity contribution in [2.45, 2.75) is 20.0 Å². The molecule has 2 aliphatic heterocycles. The summed E-state index contributed by atoms with van der Waals surface area (Å²) < 4.78 is 39.7. The molecule has 0 bridgehead atoms. The highest BCUT2D eigenvalue weighted by atomic mass is 32.1. The van der Waals surface area contributed by atoms with E-state index in [0.29, 0.717) is 33.6 Å². The van der Waals surface area contributed by atoms with Gasteiger partial charge in [0.15, 0.2) is 16.6 Å². The molecule has 1 unspecified atom stereocenters. The number of nitrogens with one attached hydrogen (secondary N) is 1. The predicted octanol–water partition coefficient (Wildman–Crippen LogP) is 4.44. The lowest BCUT2D eigenvalue weighted by atomic mass is 10.1. The SMILES string of the molecule is Cc1sc(NC(=O)C2CC(=O)N(c3ccc4c(c3)OCO4)C2)nc1-c1ccc(OC(F)F)cc1. The number of carbonyl (C=O) groups excluding carboxylic acids is 2. The maximum Gasteiger partial charge on any atom is 0.387 e. The molecule has 2 aromatic carbocycles. The summed E-state index contributed by atoms with van der Waals surface area (Å²) in [5, 5.41) is 3.21. The van der Waals surface area contributed by atoms with Gasteiger partial charge in [0, 0.05) is 35.2 Å². The predicted molar refractivity (Wildman–Crippen MR) is 121 cm³/mol. The third kappa shape index (κ3) is 4.38. The van der Waals surface area contributed by atoms with E-state index in [4.69, 9.17) is 9.47 Å². The number of thiazole rings is 1. The van der Waals surface area contributed by atoms with Crippen LogP contribution in [0.15, 0.2) is 42.5 Å². The van der Waals surface area contributed by atoms with Crippen molar-refractivity contribution in [3.05, 3.63) is 47.3 Å². The fourth-order valence-electron chi connectivity index (χ4n) is 3.91. The molecule has 34 heavy (non-hydrogen) atoms. The van der Waals surface area contributed by atoms with Crippen molar-refractivity contribution in [3.8, 4) is 28.5 Å². The zero-order valence-electron chi connectivity index (χ0n) is 17.9. The van der Waals surface area contributed by atoms with Gasteiger partial charge in [-0.2, -0.15) is 8.78 Å². The molecule has 2 aliphatic rings. The Kier molecular flexibility index (Phi) is 5.78. The van der Waals surface area contributed by atoms with Crippen LogP contribution < -0.4 is 24.4 Å². The second-order valence-electron chi connectivity index (χ2n) is 7.76. The number of halogens is 2. The number of amides is 2. The van der Waals surface area contributed by atoms with Crippen LogP contribution >= 0.6 is 11.3 Å². The van der Waals surface area contributed by atoms with Gasteiger partial charge in [0.05, 0.1) is 11.6 Å². The number of carbonyl (C=O) groups is 2. The minimum absolute atomic E-state index is 0.0538. The van der Waals surface area contributed by atoms with E-state index in [1.54, 1.807) is 35.2 Å². The van der Waals surface area contributed by atoms with Crippen LogP contribution in [0.4, 0.5) is 19.6 Å². The molecule has 11 heteroatoms. The first-order valence-electron chi connectivity index (χ1n) is 10.4. The molecule has 3 heterocycles. The van der Waals surface area contributed by atoms with E-state index in [0.717, 1.165) is 4.88 Å². The molecule has 3 aromatic rings. The summed E-state index contributed by atoms with van der Waals surface area (Å²) in [4.78, 5) is 32.4. The zero-order chi connectivity index (χ0) is 23.8. The number of rotatable bonds is 6. The number of ether oxygens (including phenoxy) is 3. The van der Waals surface area contributed by atoms with Gasteiger partial charge in [-0.1, -0.05) is 0 Å². The van der Waals surface area contributed by atoms with Gasteiger partial charge >= 0.3 is 6.61 Å². The summed E-state index contributed by atoms with van der Waals surface area (Å²) in [6.07, 6.45) is 0.0864. The van der Waals surface area contributed by atoms with Crippen LogP contribution in [-0.2, 0) is 9.59 Å². The molecule has 0 aliphatic carbocycles. The topological polar surface area (TPSA) is 90.0 Å². The Bertz CT molecular complexity index is 1250. The van der Waals surface area contributed by atoms with E-state index in [1.165, 1.54) is 23.5 Å². The molecule has 5 rings (SSSR count). The average Bonchev–Trinajstić information content (AvgIpc) is 3.51. The Labute approximate surface area is 197 Å². The monoisotopic (exact) mass is 487 g/mol. The molecule has 8 nitrogen and oxygen atoms in total. The summed E-state index contributed by atoms with van der Waals surface area (Å²) in [6.45, 7) is -0.655. The van der Waals surface area contributed by atoms with Gasteiger partial charge in [0.25, 0.3) is 0 Å². The van der Waals surface area contributed by atoms with Gasteiger partial charge < -0.3 is 24.4 Å². The van der Waals surface area contributed by atoms with Gasteiger partial charge in [0.1, 0.15) is 5.75 Å². The Morgan fingerprint density at radius 2 is 1.97 bits per heavy atom. The fraction of sp³-hybridized carbons (Fsp3) is 0.261. The highest BCUT2D eigenvalue weighted by molar-refractivity contribution is 7.16. The molecule has 0 spiro atoms. The van der Waals surface area contributed by atoms with E-state index < -0.39 is 12.5 Å². The van der Waals surface area contributed by atoms with Crippen LogP contribution in [0.1, 0.15) is 11.3 Å². The Morgan fingerprint density at radius 1 is 1.21 bits per heavy atom. The van der Waals surface area contributed by atoms with E-state index in [-0.39, 0.29) is 37.3 Å². The standard InChI is InChI=1S/C23H19F2N3O5S/c1-12-20(13-2-5-16(6-3-13)33-22(24)25)26-23(34-12)27-21(30)14-8-19(29)28(10-14)15-4-7-17-18(9-15)32-11-31-17/h2-7,9,14,22H,8,10-11H2,1H3,(H,26,27,30). The van der Waals surface area contributed by atoms with Gasteiger partial charge in [0.2, 0.25) is 18.6 Å². The van der Waals surface area contributed by atoms with Crippen molar-refractivity contribution in [2.24, 2.45) is 5.92 Å². The third-order valence-corrected chi connectivity index (χ3v) is 6.43. The number of anilines is 2. The zero-order valence-corrected chi connectivity index (χ0v) is 18.7. The van der Waals surface area contributed by atoms with E-state index in [1.807, 2.05) is 6.92 Å². The molecule has 1 fully saturated rings. The summed E-state index contributed by atoms with van der Waals surface area (Å²) in [5.41, 5.74) is 1.99. The van der Waals surface area contributed by atoms with Crippen molar-refractivity contribution < 1.29 is 32.6 Å². The van der Waals surface area contributed by atoms with E-state index in [2.05, 4.69) is 15.0 Å². The minimum Gasteiger partial charge on any atom is -0.454 e. The molecule has 2 amide bonds. The average molecular weight is 487 g/mol. The Balaban J connectivity index is 1.25. The maximum absolute atomic E-state index is 12.9. The minimum atomic E-state index is -2.89. The highest BCUT2D eigenvalue weighted by Gasteiger charge is 2.36. The van der Waals surface area contributed by atoms with Crippen LogP contribution in [-0.4, -0.2) is 36.7 Å². The van der Waals surface area contributed by atoms with Crippen molar-refractivity contribution >= 4 is 34.0 Å². The van der Waals surface area contributed by atoms with Crippen LogP contribution in [0.3, 0.4) is 0 Å². The molecular formula is C23H19F2N3O5S. The first kappa shape index (κ1) is 22.1. The van der Waals surface area contributed by atoms with Gasteiger partial charge in [-0.15, -0.1) is 11.3 Å². The molecule has 0 saturated carbocycles. The first-order chi connectivity index (χ1) is 16.4. The summed E-state index contributed by atoms with van der Waals surface area (Å²) in [7, 11) is 0. The second-order valence-corrected chi connectivity index (χ2v) is 8.96. The third-order valence-electron chi connectivity index (χ3n) is 5.54. The number of nitrogens with zero attached hydrogens (tertiary/aromatic N) is 2. The Morgan fingerprint density at radius 3 is 2.74 bits per heavy atom. The largest absolute Gasteiger partial charge is 0.454 e. The van der Waals surface area contributed by atoms with Gasteiger partial charge in [-0.25, -0.2) is 4.98 Å². The van der Waals surface area contributed by atoms with Crippen LogP contribution in [0.2, 0.25) is 0 Å². The maximum atomic E-state index is 12.9. The number of aromatic nitrogens is 1. The molecule has 0 radical (unpaired) electrons. The first-order valence-corrected chi connectivity index (χ1v) is 11.2. The lowest BCUT2D eigenvalue weighted by Crippen LogP contribution is -2.28. The molecule has 1 atom stereocenters. The van der Waals surface area contributed by atoms with Gasteiger partial charge in [-0.3, -0.25) is 9.59 Å². The number of benzene rings is 2. The molecule has 1 aromatic heterocycles. The quantitative estimate of drug-likeness (QED) is 0.553. The van der Waals surface area contributed by atoms with Crippen LogP contribution in [0, 0.1) is 12.8 Å². The van der Waals surface area contributed by atoms with Crippen molar-refractivity contribution in [1.82, 2.24) is 4.98 Å². The van der Waals surface area contributed by atoms with Gasteiger partial charge in [-0.05, 0) is 43.3 Å². The number of hydrogen-bond donors (Lipinski definition) is 1. The van der Waals surface area contributed by atoms with E-state index in [9.17, 15) is 18.4 Å². The van der Waals surface area contributed by atoms with Crippen molar-refractivity contribution in [3.63, 3.8) is 0 Å². The molecule has 1 N–H and O–H groups in total. The van der Waals surface area contributed by atoms with Crippen LogP contribution in [0.25, 0.3) is 11.3 Å². The number of fused-ring (bicyclic) bond motifs is 1. The lowest BCUT2D eigenvalue weighted by Gasteiger charge is -2.17. The van der Waals surface area contributed by atoms with Crippen LogP contribution in [0.5, 0.6) is 17.2 Å². The normalized spacial score (nSPS) is 16.9. The summed E-state index contributed by atoms with van der Waals surface area (Å²) in [6, 6.07) is 11.4. The molecule has 1 saturated heterocycles.